The zero-order valence-electron chi connectivity index (χ0n) is 16.1. The van der Waals surface area contributed by atoms with Crippen LogP contribution in [-0.4, -0.2) is 35.3 Å². The number of benzene rings is 1. The first-order valence-electron chi connectivity index (χ1n) is 9.34. The van der Waals surface area contributed by atoms with Crippen LogP contribution in [0.2, 0.25) is 0 Å². The molecule has 6 nitrogen and oxygen atoms in total. The summed E-state index contributed by atoms with van der Waals surface area (Å²) < 4.78 is 28.8. The molecule has 1 heterocycles. The summed E-state index contributed by atoms with van der Waals surface area (Å²) in [4.78, 5) is 4.65. The lowest BCUT2D eigenvalue weighted by Gasteiger charge is -2.31. The maximum Gasteiger partial charge on any atom is 0.216 e. The third-order valence-electron chi connectivity index (χ3n) is 5.31. The van der Waals surface area contributed by atoms with Gasteiger partial charge in [0.25, 0.3) is 0 Å². The van der Waals surface area contributed by atoms with Crippen molar-refractivity contribution in [3.05, 3.63) is 24.3 Å². The Kier molecular flexibility index (Phi) is 5.30. The fourth-order valence-corrected chi connectivity index (χ4v) is 4.45. The van der Waals surface area contributed by atoms with Crippen LogP contribution in [0.3, 0.4) is 0 Å². The average molecular weight is 379 g/mol. The van der Waals surface area contributed by atoms with Gasteiger partial charge in [-0.1, -0.05) is 12.1 Å². The lowest BCUT2D eigenvalue weighted by atomic mass is 9.86. The molecule has 0 atom stereocenters. The molecule has 144 valence electrons. The molecule has 0 aliphatic heterocycles. The quantitative estimate of drug-likeness (QED) is 0.837. The van der Waals surface area contributed by atoms with Crippen LogP contribution in [0.15, 0.2) is 24.3 Å². The van der Waals surface area contributed by atoms with Crippen LogP contribution in [0, 0.1) is 5.92 Å². The number of aromatic nitrogens is 2. The molecule has 2 N–H and O–H groups in total. The number of aryl methyl sites for hydroxylation is 1. The zero-order valence-corrected chi connectivity index (χ0v) is 16.9. The summed E-state index contributed by atoms with van der Waals surface area (Å²) in [5.41, 5.74) is 2.12. The van der Waals surface area contributed by atoms with E-state index in [-0.39, 0.29) is 6.04 Å². The Hall–Kier alpha value is -1.60. The summed E-state index contributed by atoms with van der Waals surface area (Å²) in [6, 6.07) is 8.17. The van der Waals surface area contributed by atoms with Crippen molar-refractivity contribution in [3.63, 3.8) is 0 Å². The Morgan fingerprint density at radius 2 is 1.81 bits per heavy atom. The number of sulfonamides is 1. The minimum absolute atomic E-state index is 0.0613. The SMILES string of the molecule is Cn1c(NCC2CCC(NS(=O)(=O)C(C)(C)C)CC2)nc2ccccc21. The van der Waals surface area contributed by atoms with E-state index in [0.29, 0.717) is 5.92 Å². The molecule has 3 rings (SSSR count). The molecule has 2 aromatic rings. The van der Waals surface area contributed by atoms with Crippen LogP contribution < -0.4 is 10.0 Å². The van der Waals surface area contributed by atoms with Gasteiger partial charge in [-0.05, 0) is 64.5 Å². The smallest absolute Gasteiger partial charge is 0.216 e. The molecule has 0 spiro atoms. The number of anilines is 1. The highest BCUT2D eigenvalue weighted by atomic mass is 32.2. The Labute approximate surface area is 156 Å². The number of hydrogen-bond donors (Lipinski definition) is 2. The number of nitrogens with zero attached hydrogens (tertiary/aromatic N) is 2. The van der Waals surface area contributed by atoms with E-state index in [0.717, 1.165) is 49.2 Å². The van der Waals surface area contributed by atoms with Crippen LogP contribution in [0.25, 0.3) is 11.0 Å². The predicted octanol–water partition coefficient (Wildman–Crippen LogP) is 3.26. The van der Waals surface area contributed by atoms with Gasteiger partial charge < -0.3 is 9.88 Å². The van der Waals surface area contributed by atoms with Gasteiger partial charge in [0.1, 0.15) is 0 Å². The van der Waals surface area contributed by atoms with Crippen molar-refractivity contribution >= 4 is 27.0 Å². The number of rotatable bonds is 5. The van der Waals surface area contributed by atoms with E-state index >= 15 is 0 Å². The van der Waals surface area contributed by atoms with E-state index in [1.807, 2.05) is 25.2 Å². The van der Waals surface area contributed by atoms with Crippen molar-refractivity contribution in [2.45, 2.75) is 57.2 Å². The molecule has 7 heteroatoms. The van der Waals surface area contributed by atoms with Crippen LogP contribution in [0.4, 0.5) is 5.95 Å². The van der Waals surface area contributed by atoms with Gasteiger partial charge >= 0.3 is 0 Å². The Morgan fingerprint density at radius 1 is 1.15 bits per heavy atom. The highest BCUT2D eigenvalue weighted by molar-refractivity contribution is 7.90. The molecule has 26 heavy (non-hydrogen) atoms. The highest BCUT2D eigenvalue weighted by Crippen LogP contribution is 2.27. The van der Waals surface area contributed by atoms with E-state index in [2.05, 4.69) is 25.7 Å². The Balaban J connectivity index is 1.52. The molecule has 0 radical (unpaired) electrons. The topological polar surface area (TPSA) is 76.0 Å². The molecule has 0 amide bonds. The molecule has 1 aliphatic rings. The predicted molar refractivity (Wildman–Crippen MR) is 107 cm³/mol. The standard InChI is InChI=1S/C19H30N4O2S/c1-19(2,3)26(24,25)22-15-11-9-14(10-12-15)13-20-18-21-16-7-5-6-8-17(16)23(18)4/h5-8,14-15,22H,9-13H2,1-4H3,(H,20,21). The lowest BCUT2D eigenvalue weighted by molar-refractivity contribution is 0.322. The van der Waals surface area contributed by atoms with Gasteiger partial charge in [-0.25, -0.2) is 18.1 Å². The average Bonchev–Trinajstić information content (AvgIpc) is 2.89. The largest absolute Gasteiger partial charge is 0.355 e. The number of para-hydroxylation sites is 2. The van der Waals surface area contributed by atoms with Gasteiger partial charge in [0, 0.05) is 19.6 Å². The van der Waals surface area contributed by atoms with Gasteiger partial charge in [-0.15, -0.1) is 0 Å². The minimum Gasteiger partial charge on any atom is -0.355 e. The molecule has 0 saturated heterocycles. The summed E-state index contributed by atoms with van der Waals surface area (Å²) in [7, 11) is -1.25. The number of hydrogen-bond acceptors (Lipinski definition) is 4. The van der Waals surface area contributed by atoms with Crippen LogP contribution in [0.5, 0.6) is 0 Å². The second-order valence-electron chi connectivity index (χ2n) is 8.32. The molecule has 1 aromatic carbocycles. The van der Waals surface area contributed by atoms with Gasteiger partial charge in [-0.2, -0.15) is 0 Å². The van der Waals surface area contributed by atoms with E-state index in [1.54, 1.807) is 20.8 Å². The van der Waals surface area contributed by atoms with E-state index < -0.39 is 14.8 Å². The summed E-state index contributed by atoms with van der Waals surface area (Å²) in [6.07, 6.45) is 3.83. The van der Waals surface area contributed by atoms with Crippen molar-refractivity contribution in [2.24, 2.45) is 13.0 Å². The summed E-state index contributed by atoms with van der Waals surface area (Å²) >= 11 is 0. The molecule has 0 unspecified atom stereocenters. The highest BCUT2D eigenvalue weighted by Gasteiger charge is 2.32. The number of imidazole rings is 1. The summed E-state index contributed by atoms with van der Waals surface area (Å²) in [5, 5.41) is 3.47. The van der Waals surface area contributed by atoms with Gasteiger partial charge in [-0.3, -0.25) is 0 Å². The fourth-order valence-electron chi connectivity index (χ4n) is 3.42. The lowest BCUT2D eigenvalue weighted by Crippen LogP contribution is -2.46. The van der Waals surface area contributed by atoms with Gasteiger partial charge in [0.2, 0.25) is 16.0 Å². The Morgan fingerprint density at radius 3 is 2.42 bits per heavy atom. The van der Waals surface area contributed by atoms with Crippen molar-refractivity contribution < 1.29 is 8.42 Å². The van der Waals surface area contributed by atoms with Crippen molar-refractivity contribution in [1.29, 1.82) is 0 Å². The normalized spacial score (nSPS) is 21.8. The summed E-state index contributed by atoms with van der Waals surface area (Å²) in [6.45, 7) is 6.08. The fraction of sp³-hybridized carbons (Fsp3) is 0.632. The van der Waals surface area contributed by atoms with Crippen molar-refractivity contribution in [1.82, 2.24) is 14.3 Å². The molecular formula is C19H30N4O2S. The van der Waals surface area contributed by atoms with E-state index in [9.17, 15) is 8.42 Å². The third kappa shape index (κ3) is 4.04. The molecule has 0 bridgehead atoms. The van der Waals surface area contributed by atoms with Crippen LogP contribution in [0.1, 0.15) is 46.5 Å². The van der Waals surface area contributed by atoms with Crippen LogP contribution in [-0.2, 0) is 17.1 Å². The first-order valence-corrected chi connectivity index (χ1v) is 10.8. The van der Waals surface area contributed by atoms with Crippen LogP contribution >= 0.6 is 0 Å². The van der Waals surface area contributed by atoms with Gasteiger partial charge in [0.05, 0.1) is 15.8 Å². The summed E-state index contributed by atoms with van der Waals surface area (Å²) in [5.74, 6) is 1.44. The zero-order chi connectivity index (χ0) is 18.9. The minimum atomic E-state index is -3.27. The second-order valence-corrected chi connectivity index (χ2v) is 10.8. The Bertz CT molecular complexity index is 859. The van der Waals surface area contributed by atoms with Gasteiger partial charge in [0.15, 0.2) is 0 Å². The van der Waals surface area contributed by atoms with Crippen molar-refractivity contribution in [3.8, 4) is 0 Å². The monoisotopic (exact) mass is 378 g/mol. The molecule has 1 fully saturated rings. The number of fused-ring (bicyclic) bond motifs is 1. The van der Waals surface area contributed by atoms with Crippen molar-refractivity contribution in [2.75, 3.05) is 11.9 Å². The first-order chi connectivity index (χ1) is 12.2. The molecule has 1 saturated carbocycles. The van der Waals surface area contributed by atoms with E-state index in [4.69, 9.17) is 0 Å². The number of nitrogens with one attached hydrogen (secondary N) is 2. The van der Waals surface area contributed by atoms with E-state index in [1.165, 1.54) is 0 Å². The first kappa shape index (κ1) is 19.2. The molecular weight excluding hydrogens is 348 g/mol. The maximum absolute atomic E-state index is 12.3. The third-order valence-corrected chi connectivity index (χ3v) is 7.57. The second kappa shape index (κ2) is 7.19. The molecule has 1 aromatic heterocycles. The maximum atomic E-state index is 12.3. The molecule has 1 aliphatic carbocycles.